The highest BCUT2D eigenvalue weighted by Crippen LogP contribution is 2.25. The van der Waals surface area contributed by atoms with Crippen LogP contribution in [-0.2, 0) is 4.79 Å². The average molecular weight is 313 g/mol. The minimum Gasteiger partial charge on any atom is -0.481 e. The smallest absolute Gasteiger partial charge is 0.305 e. The average Bonchev–Trinajstić information content (AvgIpc) is 2.30. The van der Waals surface area contributed by atoms with Gasteiger partial charge in [-0.1, -0.05) is 15.9 Å². The normalized spacial score (nSPS) is 24.0. The largest absolute Gasteiger partial charge is 0.481 e. The highest BCUT2D eigenvalue weighted by molar-refractivity contribution is 9.10. The molecule has 0 aromatic heterocycles. The lowest BCUT2D eigenvalue weighted by Crippen LogP contribution is -2.57. The zero-order valence-electron chi connectivity index (χ0n) is 10.3. The third-order valence-electron chi connectivity index (χ3n) is 3.22. The topological polar surface area (TPSA) is 52.6 Å². The molecule has 1 saturated heterocycles. The van der Waals surface area contributed by atoms with Crippen molar-refractivity contribution in [2.45, 2.75) is 25.4 Å². The summed E-state index contributed by atoms with van der Waals surface area (Å²) in [6.45, 7) is 3.71. The number of benzene rings is 1. The Hall–Kier alpha value is -1.07. The van der Waals surface area contributed by atoms with Crippen LogP contribution in [0.4, 0.5) is 5.69 Å². The predicted octanol–water partition coefficient (Wildman–Crippen LogP) is 2.09. The van der Waals surface area contributed by atoms with Gasteiger partial charge >= 0.3 is 5.97 Å². The molecule has 1 fully saturated rings. The number of hydrogen-bond acceptors (Lipinski definition) is 3. The Kier molecular flexibility index (Phi) is 4.24. The molecule has 0 amide bonds. The summed E-state index contributed by atoms with van der Waals surface area (Å²) in [5.74, 6) is -0.752. The van der Waals surface area contributed by atoms with Crippen molar-refractivity contribution in [2.75, 3.05) is 18.0 Å². The highest BCUT2D eigenvalue weighted by Gasteiger charge is 2.29. The van der Waals surface area contributed by atoms with E-state index in [1.54, 1.807) is 0 Å². The molecule has 2 atom stereocenters. The van der Waals surface area contributed by atoms with E-state index in [1.165, 1.54) is 0 Å². The lowest BCUT2D eigenvalue weighted by molar-refractivity contribution is -0.137. The van der Waals surface area contributed by atoms with E-state index in [0.29, 0.717) is 12.6 Å². The van der Waals surface area contributed by atoms with Crippen molar-refractivity contribution in [1.29, 1.82) is 0 Å². The van der Waals surface area contributed by atoms with Crippen LogP contribution in [0.15, 0.2) is 28.7 Å². The van der Waals surface area contributed by atoms with Gasteiger partial charge in [-0.15, -0.1) is 0 Å². The second-order valence-corrected chi connectivity index (χ2v) is 5.56. The minimum atomic E-state index is -0.752. The molecule has 0 saturated carbocycles. The first-order chi connectivity index (χ1) is 8.58. The lowest BCUT2D eigenvalue weighted by atomic mass is 10.0. The second-order valence-electron chi connectivity index (χ2n) is 4.64. The summed E-state index contributed by atoms with van der Waals surface area (Å²) in [6, 6.07) is 8.34. The Bertz CT molecular complexity index is 422. The van der Waals surface area contributed by atoms with Gasteiger partial charge in [-0.3, -0.25) is 4.79 Å². The number of halogens is 1. The summed E-state index contributed by atoms with van der Waals surface area (Å²) in [4.78, 5) is 13.1. The van der Waals surface area contributed by atoms with Crippen molar-refractivity contribution < 1.29 is 9.90 Å². The molecule has 18 heavy (non-hydrogen) atoms. The van der Waals surface area contributed by atoms with Crippen molar-refractivity contribution in [1.82, 2.24) is 5.32 Å². The molecule has 1 aromatic carbocycles. The molecule has 2 rings (SSSR count). The van der Waals surface area contributed by atoms with Crippen LogP contribution in [0.5, 0.6) is 0 Å². The Morgan fingerprint density at radius 2 is 2.11 bits per heavy atom. The maximum atomic E-state index is 10.9. The van der Waals surface area contributed by atoms with Gasteiger partial charge in [-0.25, -0.2) is 0 Å². The molecule has 0 aliphatic carbocycles. The van der Waals surface area contributed by atoms with Gasteiger partial charge < -0.3 is 15.3 Å². The molecule has 0 spiro atoms. The number of carbonyl (C=O) groups is 1. The third kappa shape index (κ3) is 3.03. The minimum absolute atomic E-state index is 0.00688. The standard InChI is InChI=1S/C13H17BrN2O2/c1-9-7-15-8-12(6-13(17)18)16(9)11-4-2-10(14)3-5-11/h2-5,9,12,15H,6-8H2,1H3,(H,17,18). The molecule has 1 aromatic rings. The fourth-order valence-corrected chi connectivity index (χ4v) is 2.73. The summed E-state index contributed by atoms with van der Waals surface area (Å²) in [6.07, 6.45) is 0.160. The van der Waals surface area contributed by atoms with Crippen LogP contribution >= 0.6 is 15.9 Å². The zero-order chi connectivity index (χ0) is 13.1. The van der Waals surface area contributed by atoms with Crippen molar-refractivity contribution in [3.63, 3.8) is 0 Å². The fourth-order valence-electron chi connectivity index (χ4n) is 2.47. The van der Waals surface area contributed by atoms with Crippen LogP contribution in [0.25, 0.3) is 0 Å². The number of nitrogens with one attached hydrogen (secondary N) is 1. The number of carboxylic acid groups (broad SMARTS) is 1. The van der Waals surface area contributed by atoms with E-state index >= 15 is 0 Å². The van der Waals surface area contributed by atoms with Crippen LogP contribution in [0.1, 0.15) is 13.3 Å². The van der Waals surface area contributed by atoms with Gasteiger partial charge in [0.05, 0.1) is 12.5 Å². The van der Waals surface area contributed by atoms with E-state index in [1.807, 2.05) is 24.3 Å². The number of carboxylic acids is 1. The monoisotopic (exact) mass is 312 g/mol. The van der Waals surface area contributed by atoms with Gasteiger partial charge in [0.2, 0.25) is 0 Å². The van der Waals surface area contributed by atoms with Gasteiger partial charge in [-0.05, 0) is 31.2 Å². The zero-order valence-corrected chi connectivity index (χ0v) is 11.9. The molecule has 2 unspecified atom stereocenters. The molecule has 1 aliphatic heterocycles. The fraction of sp³-hybridized carbons (Fsp3) is 0.462. The second kappa shape index (κ2) is 5.71. The number of aliphatic carboxylic acids is 1. The van der Waals surface area contributed by atoms with Crippen molar-refractivity contribution in [2.24, 2.45) is 0 Å². The summed E-state index contributed by atoms with van der Waals surface area (Å²) in [7, 11) is 0. The molecule has 0 bridgehead atoms. The summed E-state index contributed by atoms with van der Waals surface area (Å²) in [5.41, 5.74) is 1.08. The van der Waals surface area contributed by atoms with E-state index in [2.05, 4.69) is 33.1 Å². The van der Waals surface area contributed by atoms with E-state index < -0.39 is 5.97 Å². The van der Waals surface area contributed by atoms with E-state index in [-0.39, 0.29) is 12.5 Å². The number of hydrogen-bond donors (Lipinski definition) is 2. The van der Waals surface area contributed by atoms with Crippen LogP contribution in [0.2, 0.25) is 0 Å². The Balaban J connectivity index is 2.23. The molecule has 2 N–H and O–H groups in total. The maximum absolute atomic E-state index is 10.9. The van der Waals surface area contributed by atoms with E-state index in [9.17, 15) is 4.79 Å². The third-order valence-corrected chi connectivity index (χ3v) is 3.75. The Morgan fingerprint density at radius 3 is 2.72 bits per heavy atom. The first-order valence-corrected chi connectivity index (χ1v) is 6.83. The van der Waals surface area contributed by atoms with Gasteiger partial charge in [0, 0.05) is 29.3 Å². The molecular formula is C13H17BrN2O2. The molecule has 1 aliphatic rings. The highest BCUT2D eigenvalue weighted by atomic mass is 79.9. The van der Waals surface area contributed by atoms with Crippen LogP contribution in [0, 0.1) is 0 Å². The SMILES string of the molecule is CC1CNCC(CC(=O)O)N1c1ccc(Br)cc1. The number of piperazine rings is 1. The van der Waals surface area contributed by atoms with Gasteiger partial charge in [0.25, 0.3) is 0 Å². The van der Waals surface area contributed by atoms with Crippen molar-refractivity contribution in [3.05, 3.63) is 28.7 Å². The van der Waals surface area contributed by atoms with Crippen LogP contribution < -0.4 is 10.2 Å². The molecule has 0 radical (unpaired) electrons. The Morgan fingerprint density at radius 1 is 1.44 bits per heavy atom. The number of rotatable bonds is 3. The first kappa shape index (κ1) is 13.4. The van der Waals surface area contributed by atoms with Gasteiger partial charge in [0.1, 0.15) is 0 Å². The maximum Gasteiger partial charge on any atom is 0.305 e. The van der Waals surface area contributed by atoms with Crippen LogP contribution in [-0.4, -0.2) is 36.2 Å². The van der Waals surface area contributed by atoms with E-state index in [0.717, 1.165) is 16.7 Å². The van der Waals surface area contributed by atoms with Gasteiger partial charge in [-0.2, -0.15) is 0 Å². The summed E-state index contributed by atoms with van der Waals surface area (Å²) < 4.78 is 1.03. The van der Waals surface area contributed by atoms with Crippen molar-refractivity contribution in [3.8, 4) is 0 Å². The lowest BCUT2D eigenvalue weighted by Gasteiger charge is -2.42. The molecule has 98 valence electrons. The number of nitrogens with zero attached hydrogens (tertiary/aromatic N) is 1. The molecular weight excluding hydrogens is 296 g/mol. The number of anilines is 1. The predicted molar refractivity (Wildman–Crippen MR) is 75.0 cm³/mol. The summed E-state index contributed by atoms with van der Waals surface area (Å²) in [5, 5.41) is 12.3. The first-order valence-electron chi connectivity index (χ1n) is 6.04. The quantitative estimate of drug-likeness (QED) is 0.897. The molecule has 1 heterocycles. The Labute approximate surface area is 115 Å². The van der Waals surface area contributed by atoms with E-state index in [4.69, 9.17) is 5.11 Å². The van der Waals surface area contributed by atoms with Crippen molar-refractivity contribution >= 4 is 27.6 Å². The van der Waals surface area contributed by atoms with Crippen LogP contribution in [0.3, 0.4) is 0 Å². The summed E-state index contributed by atoms with van der Waals surface area (Å²) >= 11 is 3.42. The molecule has 5 heteroatoms. The van der Waals surface area contributed by atoms with Gasteiger partial charge in [0.15, 0.2) is 0 Å². The molecule has 4 nitrogen and oxygen atoms in total.